The van der Waals surface area contributed by atoms with Gasteiger partial charge < -0.3 is 10.4 Å². The standard InChI is InChI=1S/C17H15ClF3NO4S2/c1-16(24,17(19,20)21)15(23)22-14-7-6-12(9-13(14)18)28(25,26)11-5-3-4-10(8-11)27-2/h3-9,24H,1-2H3,(H,22,23)/t16-/m1/s1. The van der Waals surface area contributed by atoms with Crippen molar-refractivity contribution >= 4 is 44.8 Å². The number of amides is 1. The molecule has 0 saturated carbocycles. The number of benzene rings is 2. The monoisotopic (exact) mass is 453 g/mol. The van der Waals surface area contributed by atoms with E-state index in [4.69, 9.17) is 11.6 Å². The third-order valence-electron chi connectivity index (χ3n) is 3.84. The quantitative estimate of drug-likeness (QED) is 0.664. The molecular weight excluding hydrogens is 439 g/mol. The van der Waals surface area contributed by atoms with E-state index in [1.165, 1.54) is 23.9 Å². The van der Waals surface area contributed by atoms with Crippen LogP contribution in [-0.2, 0) is 14.6 Å². The number of thioether (sulfide) groups is 1. The van der Waals surface area contributed by atoms with E-state index in [0.717, 1.165) is 23.1 Å². The minimum atomic E-state index is -5.20. The van der Waals surface area contributed by atoms with Gasteiger partial charge in [0.25, 0.3) is 5.91 Å². The molecule has 2 aromatic rings. The summed E-state index contributed by atoms with van der Waals surface area (Å²) >= 11 is 7.30. The van der Waals surface area contributed by atoms with Crippen LogP contribution in [0.15, 0.2) is 57.2 Å². The van der Waals surface area contributed by atoms with Crippen molar-refractivity contribution in [1.82, 2.24) is 0 Å². The van der Waals surface area contributed by atoms with E-state index in [-0.39, 0.29) is 20.5 Å². The van der Waals surface area contributed by atoms with Gasteiger partial charge >= 0.3 is 6.18 Å². The lowest BCUT2D eigenvalue weighted by atomic mass is 10.1. The highest BCUT2D eigenvalue weighted by Gasteiger charge is 2.55. The Morgan fingerprint density at radius 2 is 1.75 bits per heavy atom. The number of nitrogens with one attached hydrogen (secondary N) is 1. The summed E-state index contributed by atoms with van der Waals surface area (Å²) in [5, 5.41) is 10.9. The Morgan fingerprint density at radius 3 is 2.29 bits per heavy atom. The molecule has 0 unspecified atom stereocenters. The number of alkyl halides is 3. The number of carbonyl (C=O) groups is 1. The first-order valence-electron chi connectivity index (χ1n) is 7.60. The van der Waals surface area contributed by atoms with Gasteiger partial charge in [-0.05, 0) is 49.6 Å². The molecule has 2 N–H and O–H groups in total. The Morgan fingerprint density at radius 1 is 1.14 bits per heavy atom. The van der Waals surface area contributed by atoms with Gasteiger partial charge in [-0.3, -0.25) is 4.79 Å². The molecule has 0 spiro atoms. The van der Waals surface area contributed by atoms with Gasteiger partial charge in [0.15, 0.2) is 0 Å². The molecular formula is C17H15ClF3NO4S2. The fourth-order valence-electron chi connectivity index (χ4n) is 2.04. The van der Waals surface area contributed by atoms with Crippen LogP contribution < -0.4 is 5.32 Å². The molecule has 0 aliphatic rings. The van der Waals surface area contributed by atoms with Crippen LogP contribution in [0, 0.1) is 0 Å². The molecule has 1 atom stereocenters. The van der Waals surface area contributed by atoms with E-state index in [9.17, 15) is 31.5 Å². The number of aliphatic hydroxyl groups is 1. The summed E-state index contributed by atoms with van der Waals surface area (Å²) in [5.74, 6) is -1.75. The van der Waals surface area contributed by atoms with E-state index in [1.807, 2.05) is 5.32 Å². The summed E-state index contributed by atoms with van der Waals surface area (Å²) in [6.07, 6.45) is -3.41. The molecule has 28 heavy (non-hydrogen) atoms. The van der Waals surface area contributed by atoms with Gasteiger partial charge in [0.1, 0.15) is 0 Å². The van der Waals surface area contributed by atoms with Crippen molar-refractivity contribution in [3.63, 3.8) is 0 Å². The zero-order valence-electron chi connectivity index (χ0n) is 14.5. The molecule has 0 fully saturated rings. The summed E-state index contributed by atoms with van der Waals surface area (Å²) in [4.78, 5) is 12.3. The SMILES string of the molecule is CSc1cccc(S(=O)(=O)c2ccc(NC(=O)[C@@](C)(O)C(F)(F)F)c(Cl)c2)c1. The molecule has 152 valence electrons. The molecule has 5 nitrogen and oxygen atoms in total. The molecule has 2 rings (SSSR count). The molecule has 0 heterocycles. The van der Waals surface area contributed by atoms with E-state index < -0.39 is 27.5 Å². The highest BCUT2D eigenvalue weighted by molar-refractivity contribution is 7.98. The van der Waals surface area contributed by atoms with E-state index in [2.05, 4.69) is 0 Å². The number of hydrogen-bond donors (Lipinski definition) is 2. The van der Waals surface area contributed by atoms with Crippen LogP contribution in [-0.4, -0.2) is 37.5 Å². The van der Waals surface area contributed by atoms with Gasteiger partial charge in [-0.15, -0.1) is 11.8 Å². The van der Waals surface area contributed by atoms with Crippen molar-refractivity contribution in [2.24, 2.45) is 0 Å². The second kappa shape index (κ2) is 7.94. The highest BCUT2D eigenvalue weighted by Crippen LogP contribution is 2.33. The largest absolute Gasteiger partial charge is 0.426 e. The first kappa shape index (κ1) is 22.5. The van der Waals surface area contributed by atoms with E-state index in [0.29, 0.717) is 6.92 Å². The predicted molar refractivity (Wildman–Crippen MR) is 100 cm³/mol. The average Bonchev–Trinajstić information content (AvgIpc) is 2.62. The fraction of sp³-hybridized carbons (Fsp3) is 0.235. The maximum Gasteiger partial charge on any atom is 0.426 e. The predicted octanol–water partition coefficient (Wildman–Crippen LogP) is 4.15. The van der Waals surface area contributed by atoms with Crippen LogP contribution in [0.5, 0.6) is 0 Å². The van der Waals surface area contributed by atoms with Gasteiger partial charge in [-0.2, -0.15) is 13.2 Å². The molecule has 1 amide bonds. The van der Waals surface area contributed by atoms with Crippen LogP contribution in [0.3, 0.4) is 0 Å². The minimum Gasteiger partial charge on any atom is -0.373 e. The van der Waals surface area contributed by atoms with E-state index in [1.54, 1.807) is 18.4 Å². The zero-order chi connectivity index (χ0) is 21.3. The van der Waals surface area contributed by atoms with Gasteiger partial charge in [-0.1, -0.05) is 17.7 Å². The van der Waals surface area contributed by atoms with Crippen LogP contribution in [0.4, 0.5) is 18.9 Å². The number of anilines is 1. The van der Waals surface area contributed by atoms with Gasteiger partial charge in [0.05, 0.1) is 20.5 Å². The van der Waals surface area contributed by atoms with Gasteiger partial charge in [0, 0.05) is 4.90 Å². The zero-order valence-corrected chi connectivity index (χ0v) is 16.9. The molecule has 0 aliphatic heterocycles. The Bertz CT molecular complexity index is 1010. The fourth-order valence-corrected chi connectivity index (χ4v) is 4.20. The molecule has 0 radical (unpaired) electrons. The summed E-state index contributed by atoms with van der Waals surface area (Å²) in [5.41, 5.74) is -3.91. The minimum absolute atomic E-state index is 0.0206. The first-order chi connectivity index (χ1) is 12.8. The topological polar surface area (TPSA) is 83.5 Å². The molecule has 0 aromatic heterocycles. The number of halogens is 4. The Hall–Kier alpha value is -1.75. The second-order valence-electron chi connectivity index (χ2n) is 5.85. The highest BCUT2D eigenvalue weighted by atomic mass is 35.5. The number of carbonyl (C=O) groups excluding carboxylic acids is 1. The Labute approximate surface area is 168 Å². The smallest absolute Gasteiger partial charge is 0.373 e. The maximum atomic E-state index is 12.7. The van der Waals surface area contributed by atoms with Crippen LogP contribution in [0.1, 0.15) is 6.92 Å². The second-order valence-corrected chi connectivity index (χ2v) is 9.08. The van der Waals surface area contributed by atoms with Crippen molar-refractivity contribution in [3.05, 3.63) is 47.5 Å². The Kier molecular flexibility index (Phi) is 6.39. The molecule has 0 saturated heterocycles. The van der Waals surface area contributed by atoms with Gasteiger partial charge in [0.2, 0.25) is 15.4 Å². The van der Waals surface area contributed by atoms with Crippen molar-refractivity contribution in [2.45, 2.75) is 33.4 Å². The normalized spacial score (nSPS) is 14.4. The summed E-state index contributed by atoms with van der Waals surface area (Å²) in [7, 11) is -3.93. The van der Waals surface area contributed by atoms with E-state index >= 15 is 0 Å². The average molecular weight is 454 g/mol. The summed E-state index contributed by atoms with van der Waals surface area (Å²) in [6, 6.07) is 9.36. The first-order valence-corrected chi connectivity index (χ1v) is 10.7. The maximum absolute atomic E-state index is 12.7. The van der Waals surface area contributed by atoms with Crippen molar-refractivity contribution in [3.8, 4) is 0 Å². The van der Waals surface area contributed by atoms with Crippen LogP contribution >= 0.6 is 23.4 Å². The molecule has 0 aliphatic carbocycles. The summed E-state index contributed by atoms with van der Waals surface area (Å²) in [6.45, 7) is 0.299. The van der Waals surface area contributed by atoms with Crippen LogP contribution in [0.2, 0.25) is 5.02 Å². The van der Waals surface area contributed by atoms with Crippen molar-refractivity contribution in [2.75, 3.05) is 11.6 Å². The Balaban J connectivity index is 2.35. The number of hydrogen-bond acceptors (Lipinski definition) is 5. The number of rotatable bonds is 5. The number of sulfone groups is 1. The lowest BCUT2D eigenvalue weighted by molar-refractivity contribution is -0.242. The lowest BCUT2D eigenvalue weighted by Gasteiger charge is -2.25. The third-order valence-corrected chi connectivity index (χ3v) is 6.63. The summed E-state index contributed by atoms with van der Waals surface area (Å²) < 4.78 is 63.7. The van der Waals surface area contributed by atoms with Crippen molar-refractivity contribution in [1.29, 1.82) is 0 Å². The molecule has 0 bridgehead atoms. The lowest BCUT2D eigenvalue weighted by Crippen LogP contribution is -2.52. The van der Waals surface area contributed by atoms with Gasteiger partial charge in [-0.25, -0.2) is 8.42 Å². The molecule has 2 aromatic carbocycles. The van der Waals surface area contributed by atoms with Crippen LogP contribution in [0.25, 0.3) is 0 Å². The molecule has 11 heteroatoms. The van der Waals surface area contributed by atoms with Crippen molar-refractivity contribution < 1.29 is 31.5 Å². The third kappa shape index (κ3) is 4.45.